The van der Waals surface area contributed by atoms with Crippen LogP contribution in [0.15, 0.2) is 5.38 Å². The van der Waals surface area contributed by atoms with Gasteiger partial charge in [0.15, 0.2) is 0 Å². The molecule has 1 saturated carbocycles. The third kappa shape index (κ3) is 3.40. The van der Waals surface area contributed by atoms with Crippen molar-refractivity contribution in [1.29, 1.82) is 0 Å². The Morgan fingerprint density at radius 2 is 1.91 bits per heavy atom. The first-order valence-electron chi connectivity index (χ1n) is 8.85. The van der Waals surface area contributed by atoms with Gasteiger partial charge in [-0.05, 0) is 49.0 Å². The van der Waals surface area contributed by atoms with E-state index in [1.807, 2.05) is 0 Å². The summed E-state index contributed by atoms with van der Waals surface area (Å²) in [5.41, 5.74) is 2.68. The molecule has 1 heterocycles. The minimum absolute atomic E-state index is 0.179. The molecule has 2 nitrogen and oxygen atoms in total. The van der Waals surface area contributed by atoms with Crippen LogP contribution in [0.2, 0.25) is 0 Å². The Labute approximate surface area is 138 Å². The zero-order valence-corrected chi connectivity index (χ0v) is 15.0. The van der Waals surface area contributed by atoms with Crippen molar-refractivity contribution in [2.75, 3.05) is 0 Å². The Bertz CT molecular complexity index is 534. The van der Waals surface area contributed by atoms with Crippen LogP contribution in [0.4, 0.5) is 0 Å². The standard InChI is InChI=1S/C19H29NOS/c1-19(2,3)13-9-10-15-16(12-22-17(15)11-13)18(21)20-14-7-5-4-6-8-14/h12-14H,4-11H2,1-3H3,(H,20,21). The smallest absolute Gasteiger partial charge is 0.252 e. The zero-order valence-electron chi connectivity index (χ0n) is 14.2. The highest BCUT2D eigenvalue weighted by atomic mass is 32.1. The van der Waals surface area contributed by atoms with E-state index in [1.165, 1.54) is 36.1 Å². The van der Waals surface area contributed by atoms with Crippen molar-refractivity contribution in [3.8, 4) is 0 Å². The summed E-state index contributed by atoms with van der Waals surface area (Å²) in [4.78, 5) is 14.1. The Morgan fingerprint density at radius 1 is 1.18 bits per heavy atom. The predicted molar refractivity (Wildman–Crippen MR) is 93.6 cm³/mol. The topological polar surface area (TPSA) is 29.1 Å². The molecule has 1 amide bonds. The average molecular weight is 320 g/mol. The highest BCUT2D eigenvalue weighted by molar-refractivity contribution is 7.10. The van der Waals surface area contributed by atoms with Crippen LogP contribution in [0.3, 0.4) is 0 Å². The molecule has 0 aliphatic heterocycles. The number of rotatable bonds is 2. The number of fused-ring (bicyclic) bond motifs is 1. The number of nitrogens with one attached hydrogen (secondary N) is 1. The number of carbonyl (C=O) groups is 1. The minimum atomic E-state index is 0.179. The van der Waals surface area contributed by atoms with Gasteiger partial charge in [0, 0.05) is 16.3 Å². The maximum atomic E-state index is 12.6. The molecular weight excluding hydrogens is 290 g/mol. The summed E-state index contributed by atoms with van der Waals surface area (Å²) in [6.07, 6.45) is 9.62. The van der Waals surface area contributed by atoms with Gasteiger partial charge in [-0.1, -0.05) is 40.0 Å². The molecule has 2 aliphatic carbocycles. The van der Waals surface area contributed by atoms with Crippen molar-refractivity contribution >= 4 is 17.2 Å². The molecule has 122 valence electrons. The van der Waals surface area contributed by atoms with Crippen molar-refractivity contribution in [2.45, 2.75) is 78.2 Å². The molecule has 0 saturated heterocycles. The van der Waals surface area contributed by atoms with Gasteiger partial charge in [-0.25, -0.2) is 0 Å². The van der Waals surface area contributed by atoms with E-state index >= 15 is 0 Å². The zero-order chi connectivity index (χ0) is 15.7. The normalized spacial score (nSPS) is 23.1. The van der Waals surface area contributed by atoms with Crippen molar-refractivity contribution < 1.29 is 4.79 Å². The first-order valence-corrected chi connectivity index (χ1v) is 9.73. The van der Waals surface area contributed by atoms with E-state index in [0.717, 1.165) is 37.2 Å². The van der Waals surface area contributed by atoms with E-state index in [1.54, 1.807) is 11.3 Å². The maximum Gasteiger partial charge on any atom is 0.252 e. The maximum absolute atomic E-state index is 12.6. The van der Waals surface area contributed by atoms with Gasteiger partial charge < -0.3 is 5.32 Å². The summed E-state index contributed by atoms with van der Waals surface area (Å²) >= 11 is 1.80. The lowest BCUT2D eigenvalue weighted by molar-refractivity contribution is 0.0926. The summed E-state index contributed by atoms with van der Waals surface area (Å²) in [5, 5.41) is 5.39. The third-order valence-corrected chi connectivity index (χ3v) is 6.62. The van der Waals surface area contributed by atoms with Gasteiger partial charge in [0.25, 0.3) is 5.91 Å². The molecule has 0 bridgehead atoms. The first kappa shape index (κ1) is 16.0. The van der Waals surface area contributed by atoms with E-state index in [9.17, 15) is 4.79 Å². The van der Waals surface area contributed by atoms with Crippen molar-refractivity contribution in [2.24, 2.45) is 11.3 Å². The highest BCUT2D eigenvalue weighted by Crippen LogP contribution is 2.40. The summed E-state index contributed by atoms with van der Waals surface area (Å²) in [6, 6.07) is 0.405. The van der Waals surface area contributed by atoms with E-state index in [-0.39, 0.29) is 5.91 Å². The van der Waals surface area contributed by atoms with Crippen LogP contribution < -0.4 is 5.32 Å². The van der Waals surface area contributed by atoms with Gasteiger partial charge in [0.1, 0.15) is 0 Å². The molecule has 1 aromatic rings. The van der Waals surface area contributed by atoms with Gasteiger partial charge >= 0.3 is 0 Å². The van der Waals surface area contributed by atoms with Gasteiger partial charge in [-0.2, -0.15) is 0 Å². The van der Waals surface area contributed by atoms with Crippen molar-refractivity contribution in [1.82, 2.24) is 5.32 Å². The van der Waals surface area contributed by atoms with E-state index in [0.29, 0.717) is 11.5 Å². The molecular formula is C19H29NOS. The second kappa shape index (κ2) is 6.35. The minimum Gasteiger partial charge on any atom is -0.349 e. The lowest BCUT2D eigenvalue weighted by Gasteiger charge is -2.34. The second-order valence-corrected chi connectivity index (χ2v) is 9.13. The fourth-order valence-electron chi connectivity index (χ4n) is 3.95. The van der Waals surface area contributed by atoms with Crippen LogP contribution in [-0.4, -0.2) is 11.9 Å². The van der Waals surface area contributed by atoms with E-state index in [4.69, 9.17) is 0 Å². The van der Waals surface area contributed by atoms with Crippen LogP contribution in [-0.2, 0) is 12.8 Å². The number of amides is 1. The molecule has 3 rings (SSSR count). The van der Waals surface area contributed by atoms with Gasteiger partial charge in [-0.3, -0.25) is 4.79 Å². The summed E-state index contributed by atoms with van der Waals surface area (Å²) in [5.74, 6) is 0.923. The lowest BCUT2D eigenvalue weighted by atomic mass is 9.72. The van der Waals surface area contributed by atoms with Gasteiger partial charge in [0.05, 0.1) is 5.56 Å². The van der Waals surface area contributed by atoms with Crippen molar-refractivity contribution in [3.63, 3.8) is 0 Å². The molecule has 0 radical (unpaired) electrons. The Morgan fingerprint density at radius 3 is 2.59 bits per heavy atom. The van der Waals surface area contributed by atoms with Crippen molar-refractivity contribution in [3.05, 3.63) is 21.4 Å². The Balaban J connectivity index is 1.69. The van der Waals surface area contributed by atoms with Gasteiger partial charge in [-0.15, -0.1) is 11.3 Å². The summed E-state index contributed by atoms with van der Waals surface area (Å²) in [7, 11) is 0. The fourth-order valence-corrected chi connectivity index (χ4v) is 5.11. The number of thiophene rings is 1. The molecule has 2 aliphatic rings. The second-order valence-electron chi connectivity index (χ2n) is 8.17. The largest absolute Gasteiger partial charge is 0.349 e. The first-order chi connectivity index (χ1) is 10.4. The fraction of sp³-hybridized carbons (Fsp3) is 0.737. The SMILES string of the molecule is CC(C)(C)C1CCc2c(C(=O)NC3CCCCC3)csc2C1. The average Bonchev–Trinajstić information content (AvgIpc) is 2.90. The monoisotopic (exact) mass is 319 g/mol. The number of hydrogen-bond donors (Lipinski definition) is 1. The number of hydrogen-bond acceptors (Lipinski definition) is 2. The van der Waals surface area contributed by atoms with Crippen LogP contribution in [0.1, 0.15) is 80.1 Å². The van der Waals surface area contributed by atoms with Crippen LogP contribution >= 0.6 is 11.3 Å². The van der Waals surface area contributed by atoms with Gasteiger partial charge in [0.2, 0.25) is 0 Å². The Hall–Kier alpha value is -0.830. The third-order valence-electron chi connectivity index (χ3n) is 5.57. The molecule has 1 aromatic heterocycles. The molecule has 1 unspecified atom stereocenters. The molecule has 1 fully saturated rings. The predicted octanol–water partition coefficient (Wildman–Crippen LogP) is 4.96. The molecule has 3 heteroatoms. The quantitative estimate of drug-likeness (QED) is 0.820. The lowest BCUT2D eigenvalue weighted by Crippen LogP contribution is -2.36. The van der Waals surface area contributed by atoms with Crippen LogP contribution in [0, 0.1) is 11.3 Å². The van der Waals surface area contributed by atoms with E-state index in [2.05, 4.69) is 31.5 Å². The summed E-state index contributed by atoms with van der Waals surface area (Å²) < 4.78 is 0. The summed E-state index contributed by atoms with van der Waals surface area (Å²) in [6.45, 7) is 7.02. The molecule has 0 aromatic carbocycles. The van der Waals surface area contributed by atoms with E-state index < -0.39 is 0 Å². The van der Waals surface area contributed by atoms with Crippen LogP contribution in [0.25, 0.3) is 0 Å². The molecule has 22 heavy (non-hydrogen) atoms. The number of carbonyl (C=O) groups excluding carboxylic acids is 1. The molecule has 1 atom stereocenters. The molecule has 0 spiro atoms. The molecule has 1 N–H and O–H groups in total. The highest BCUT2D eigenvalue weighted by Gasteiger charge is 2.32. The Kier molecular flexibility index (Phi) is 4.63. The van der Waals surface area contributed by atoms with Crippen LogP contribution in [0.5, 0.6) is 0 Å².